The van der Waals surface area contributed by atoms with E-state index in [2.05, 4.69) is 41.3 Å². The summed E-state index contributed by atoms with van der Waals surface area (Å²) in [6.45, 7) is 4.11. The Morgan fingerprint density at radius 1 is 1.31 bits per heavy atom. The van der Waals surface area contributed by atoms with Crippen LogP contribution in [0.15, 0.2) is 27.4 Å². The van der Waals surface area contributed by atoms with E-state index in [1.807, 2.05) is 17.1 Å². The minimum Gasteiger partial charge on any atom is -0.360 e. The van der Waals surface area contributed by atoms with Gasteiger partial charge in [-0.2, -0.15) is 10.4 Å². The van der Waals surface area contributed by atoms with Crippen LogP contribution in [0.2, 0.25) is 0 Å². The van der Waals surface area contributed by atoms with Crippen LogP contribution >= 0.6 is 11.8 Å². The fourth-order valence-electron chi connectivity index (χ4n) is 5.47. The standard InChI is InChI=1S/C26H33N7OS/c1-4-5-8-17(12-13-27)19-10-6-11-20-22(31-34-23(19)20)24-29-25-21(26(30-24)35-3)15-28-33(25)16-18-9-7-14-32(18)2/h8,15,18-19H,4-7,9-12,14,16H2,1-3H3/b17-8-. The van der Waals surface area contributed by atoms with Crippen molar-refractivity contribution in [1.29, 1.82) is 5.26 Å². The molecule has 2 unspecified atom stereocenters. The summed E-state index contributed by atoms with van der Waals surface area (Å²) in [4.78, 5) is 12.3. The van der Waals surface area contributed by atoms with Crippen LogP contribution in [0.3, 0.4) is 0 Å². The van der Waals surface area contributed by atoms with Gasteiger partial charge in [0.2, 0.25) is 0 Å². The average molecular weight is 492 g/mol. The molecule has 9 heteroatoms. The molecule has 8 nitrogen and oxygen atoms in total. The van der Waals surface area contributed by atoms with E-state index in [4.69, 9.17) is 14.5 Å². The highest BCUT2D eigenvalue weighted by atomic mass is 32.2. The average Bonchev–Trinajstić information content (AvgIpc) is 3.60. The summed E-state index contributed by atoms with van der Waals surface area (Å²) in [5.74, 6) is 1.60. The van der Waals surface area contributed by atoms with Crippen molar-refractivity contribution in [3.63, 3.8) is 0 Å². The van der Waals surface area contributed by atoms with Gasteiger partial charge in [-0.25, -0.2) is 14.6 Å². The van der Waals surface area contributed by atoms with E-state index >= 15 is 0 Å². The number of aromatic nitrogens is 5. The quantitative estimate of drug-likeness (QED) is 0.236. The molecule has 3 aromatic rings. The maximum absolute atomic E-state index is 9.41. The van der Waals surface area contributed by atoms with Gasteiger partial charge in [0.25, 0.3) is 0 Å². The van der Waals surface area contributed by atoms with E-state index in [9.17, 15) is 5.26 Å². The predicted molar refractivity (Wildman–Crippen MR) is 137 cm³/mol. The first-order valence-electron chi connectivity index (χ1n) is 12.7. The Hall–Kier alpha value is -2.70. The lowest BCUT2D eigenvalue weighted by molar-refractivity contribution is 0.276. The molecular formula is C26H33N7OS. The second-order valence-corrected chi connectivity index (χ2v) is 10.4. The number of unbranched alkanes of at least 4 members (excludes halogenated alkanes) is 1. The van der Waals surface area contributed by atoms with E-state index in [0.29, 0.717) is 18.3 Å². The molecule has 184 valence electrons. The number of likely N-dealkylation sites (N-methyl/N-ethyl adjacent to an activating group) is 1. The Morgan fingerprint density at radius 2 is 2.20 bits per heavy atom. The van der Waals surface area contributed by atoms with E-state index in [1.165, 1.54) is 12.8 Å². The Bertz CT molecular complexity index is 1270. The fourth-order valence-corrected chi connectivity index (χ4v) is 6.02. The van der Waals surface area contributed by atoms with Crippen molar-refractivity contribution < 1.29 is 4.52 Å². The van der Waals surface area contributed by atoms with Gasteiger partial charge in [-0.15, -0.1) is 11.8 Å². The summed E-state index contributed by atoms with van der Waals surface area (Å²) < 4.78 is 7.99. The van der Waals surface area contributed by atoms with Gasteiger partial charge in [-0.1, -0.05) is 24.6 Å². The molecule has 0 saturated carbocycles. The fraction of sp³-hybridized carbons (Fsp3) is 0.577. The number of nitriles is 1. The van der Waals surface area contributed by atoms with Gasteiger partial charge in [0.05, 0.1) is 30.6 Å². The summed E-state index contributed by atoms with van der Waals surface area (Å²) in [5, 5.41) is 20.5. The van der Waals surface area contributed by atoms with Crippen LogP contribution in [-0.4, -0.2) is 55.7 Å². The molecule has 1 aliphatic heterocycles. The number of allylic oxidation sites excluding steroid dienone is 2. The molecule has 2 atom stereocenters. The molecule has 35 heavy (non-hydrogen) atoms. The van der Waals surface area contributed by atoms with Gasteiger partial charge in [0, 0.05) is 17.5 Å². The molecule has 4 heterocycles. The summed E-state index contributed by atoms with van der Waals surface area (Å²) >= 11 is 1.61. The largest absolute Gasteiger partial charge is 0.360 e. The molecule has 0 radical (unpaired) electrons. The van der Waals surface area contributed by atoms with Crippen molar-refractivity contribution in [2.75, 3.05) is 19.8 Å². The third-order valence-electron chi connectivity index (χ3n) is 7.40. The highest BCUT2D eigenvalue weighted by Gasteiger charge is 2.32. The first-order valence-corrected chi connectivity index (χ1v) is 13.9. The van der Waals surface area contributed by atoms with Crippen LogP contribution in [0, 0.1) is 11.3 Å². The van der Waals surface area contributed by atoms with Crippen LogP contribution in [0.25, 0.3) is 22.6 Å². The first-order chi connectivity index (χ1) is 17.1. The molecule has 3 aromatic heterocycles. The van der Waals surface area contributed by atoms with Crippen molar-refractivity contribution in [3.05, 3.63) is 29.2 Å². The monoisotopic (exact) mass is 491 g/mol. The molecule has 0 N–H and O–H groups in total. The van der Waals surface area contributed by atoms with Gasteiger partial charge in [-0.05, 0) is 63.9 Å². The molecule has 0 amide bonds. The van der Waals surface area contributed by atoms with Crippen LogP contribution < -0.4 is 0 Å². The lowest BCUT2D eigenvalue weighted by atomic mass is 9.81. The zero-order valence-electron chi connectivity index (χ0n) is 20.8. The van der Waals surface area contributed by atoms with Crippen molar-refractivity contribution in [2.45, 2.75) is 81.8 Å². The van der Waals surface area contributed by atoms with Gasteiger partial charge < -0.3 is 9.42 Å². The third-order valence-corrected chi connectivity index (χ3v) is 8.10. The first kappa shape index (κ1) is 24.0. The van der Waals surface area contributed by atoms with Gasteiger partial charge in [0.15, 0.2) is 17.2 Å². The molecule has 0 spiro atoms. The minimum absolute atomic E-state index is 0.110. The van der Waals surface area contributed by atoms with Crippen LogP contribution in [-0.2, 0) is 13.0 Å². The van der Waals surface area contributed by atoms with Crippen molar-refractivity contribution in [1.82, 2.24) is 29.8 Å². The number of fused-ring (bicyclic) bond motifs is 2. The third kappa shape index (κ3) is 4.62. The van der Waals surface area contributed by atoms with Crippen molar-refractivity contribution >= 4 is 22.8 Å². The highest BCUT2D eigenvalue weighted by molar-refractivity contribution is 7.98. The maximum atomic E-state index is 9.41. The molecule has 1 aliphatic carbocycles. The lowest BCUT2D eigenvalue weighted by Crippen LogP contribution is -2.29. The summed E-state index contributed by atoms with van der Waals surface area (Å²) in [5.41, 5.74) is 3.84. The summed E-state index contributed by atoms with van der Waals surface area (Å²) in [6, 6.07) is 2.82. The van der Waals surface area contributed by atoms with Crippen LogP contribution in [0.1, 0.15) is 69.1 Å². The summed E-state index contributed by atoms with van der Waals surface area (Å²) in [7, 11) is 2.19. The van der Waals surface area contributed by atoms with Crippen molar-refractivity contribution in [2.24, 2.45) is 0 Å². The number of thioether (sulfide) groups is 1. The van der Waals surface area contributed by atoms with E-state index < -0.39 is 0 Å². The smallest absolute Gasteiger partial charge is 0.185 e. The molecule has 5 rings (SSSR count). The summed E-state index contributed by atoms with van der Waals surface area (Å²) in [6.07, 6.45) is 13.9. The number of hydrogen-bond acceptors (Lipinski definition) is 8. The maximum Gasteiger partial charge on any atom is 0.185 e. The Morgan fingerprint density at radius 3 is 2.94 bits per heavy atom. The lowest BCUT2D eigenvalue weighted by Gasteiger charge is -2.22. The number of rotatable bonds is 8. The zero-order valence-corrected chi connectivity index (χ0v) is 21.6. The Balaban J connectivity index is 1.54. The molecule has 0 bridgehead atoms. The predicted octanol–water partition coefficient (Wildman–Crippen LogP) is 5.36. The minimum atomic E-state index is 0.110. The van der Waals surface area contributed by atoms with E-state index in [-0.39, 0.29) is 5.92 Å². The topological polar surface area (TPSA) is 96.7 Å². The zero-order chi connectivity index (χ0) is 24.4. The molecule has 1 saturated heterocycles. The highest BCUT2D eigenvalue weighted by Crippen LogP contribution is 2.42. The van der Waals surface area contributed by atoms with Gasteiger partial charge in [0.1, 0.15) is 10.8 Å². The van der Waals surface area contributed by atoms with Crippen molar-refractivity contribution in [3.8, 4) is 17.6 Å². The van der Waals surface area contributed by atoms with E-state index in [1.54, 1.807) is 11.8 Å². The number of nitrogens with zero attached hydrogens (tertiary/aromatic N) is 7. The Labute approximate surface area is 210 Å². The SMILES string of the molecule is CCC/C=C(/CC#N)C1CCCc2c(-c3nc(SC)c4cnn(CC5CCCN5C)c4n3)noc21. The molecule has 2 aliphatic rings. The van der Waals surface area contributed by atoms with E-state index in [0.717, 1.165) is 83.8 Å². The normalized spacial score (nSPS) is 20.9. The van der Waals surface area contributed by atoms with Crippen LogP contribution in [0.4, 0.5) is 0 Å². The number of hydrogen-bond donors (Lipinski definition) is 0. The van der Waals surface area contributed by atoms with Gasteiger partial charge >= 0.3 is 0 Å². The van der Waals surface area contributed by atoms with Gasteiger partial charge in [-0.3, -0.25) is 0 Å². The second-order valence-electron chi connectivity index (χ2n) is 9.62. The second kappa shape index (κ2) is 10.5. The van der Waals surface area contributed by atoms with Crippen LogP contribution in [0.5, 0.6) is 0 Å². The Kier molecular flexibility index (Phi) is 7.21. The molecular weight excluding hydrogens is 458 g/mol. The molecule has 1 fully saturated rings. The number of likely N-dealkylation sites (tertiary alicyclic amines) is 1. The molecule has 0 aromatic carbocycles.